The van der Waals surface area contributed by atoms with Crippen molar-refractivity contribution < 1.29 is 4.79 Å². The Hall–Kier alpha value is -0.590. The van der Waals surface area contributed by atoms with Gasteiger partial charge in [0.25, 0.3) is 0 Å². The van der Waals surface area contributed by atoms with Crippen LogP contribution in [0.5, 0.6) is 0 Å². The molecule has 2 rings (SSSR count). The van der Waals surface area contributed by atoms with Crippen molar-refractivity contribution >= 4 is 5.78 Å². The molecule has 2 aliphatic carbocycles. The quantitative estimate of drug-likeness (QED) is 0.484. The molecule has 0 unspecified atom stereocenters. The molecular formula is C10H14O. The molecule has 2 atom stereocenters. The summed E-state index contributed by atoms with van der Waals surface area (Å²) in [4.78, 5) is 11.5. The minimum atomic E-state index is -0.0799. The molecule has 2 bridgehead atoms. The van der Waals surface area contributed by atoms with Crippen LogP contribution in [0, 0.1) is 17.3 Å². The van der Waals surface area contributed by atoms with Crippen molar-refractivity contribution in [2.24, 2.45) is 17.3 Å². The molecule has 0 N–H and O–H groups in total. The van der Waals surface area contributed by atoms with Gasteiger partial charge >= 0.3 is 0 Å². The number of hydrogen-bond acceptors (Lipinski definition) is 1. The maximum absolute atomic E-state index is 11.5. The lowest BCUT2D eigenvalue weighted by molar-refractivity contribution is -0.132. The summed E-state index contributed by atoms with van der Waals surface area (Å²) in [6.07, 6.45) is 6.44. The van der Waals surface area contributed by atoms with Gasteiger partial charge in [-0.25, -0.2) is 0 Å². The van der Waals surface area contributed by atoms with Crippen molar-refractivity contribution in [3.8, 4) is 0 Å². The third-order valence-electron chi connectivity index (χ3n) is 3.27. The maximum Gasteiger partial charge on any atom is 0.139 e. The van der Waals surface area contributed by atoms with Crippen LogP contribution in [-0.4, -0.2) is 5.78 Å². The topological polar surface area (TPSA) is 17.1 Å². The summed E-state index contributed by atoms with van der Waals surface area (Å²) < 4.78 is 0. The van der Waals surface area contributed by atoms with E-state index in [2.05, 4.69) is 26.0 Å². The number of Topliss-reactive ketones (excluding diaryl/α,β-unsaturated/α-hetero) is 1. The molecule has 1 nitrogen and oxygen atoms in total. The van der Waals surface area contributed by atoms with Gasteiger partial charge in [-0.2, -0.15) is 0 Å². The molecule has 11 heavy (non-hydrogen) atoms. The van der Waals surface area contributed by atoms with Gasteiger partial charge in [-0.3, -0.25) is 4.79 Å². The zero-order valence-electron chi connectivity index (χ0n) is 7.13. The maximum atomic E-state index is 11.5. The molecule has 0 radical (unpaired) electrons. The van der Waals surface area contributed by atoms with Crippen molar-refractivity contribution in [3.63, 3.8) is 0 Å². The van der Waals surface area contributed by atoms with Gasteiger partial charge in [0.15, 0.2) is 0 Å². The fraction of sp³-hybridized carbons (Fsp3) is 0.700. The lowest BCUT2D eigenvalue weighted by Crippen LogP contribution is -2.36. The molecule has 0 saturated heterocycles. The summed E-state index contributed by atoms with van der Waals surface area (Å²) in [6.45, 7) is 4.15. The number of rotatable bonds is 0. The van der Waals surface area contributed by atoms with Gasteiger partial charge in [0.1, 0.15) is 5.78 Å². The zero-order valence-corrected chi connectivity index (χ0v) is 7.13. The van der Waals surface area contributed by atoms with Crippen LogP contribution in [-0.2, 0) is 4.79 Å². The highest BCUT2D eigenvalue weighted by Gasteiger charge is 2.43. The first-order valence-electron chi connectivity index (χ1n) is 4.32. The average molecular weight is 150 g/mol. The van der Waals surface area contributed by atoms with Crippen molar-refractivity contribution in [2.45, 2.75) is 26.7 Å². The second-order valence-electron chi connectivity index (χ2n) is 4.34. The summed E-state index contributed by atoms with van der Waals surface area (Å²) in [5.74, 6) is 1.54. The predicted molar refractivity (Wildman–Crippen MR) is 44.1 cm³/mol. The summed E-state index contributed by atoms with van der Waals surface area (Å²) >= 11 is 0. The van der Waals surface area contributed by atoms with E-state index in [1.54, 1.807) is 0 Å². The van der Waals surface area contributed by atoms with Crippen molar-refractivity contribution in [2.75, 3.05) is 0 Å². The Balaban J connectivity index is 2.33. The van der Waals surface area contributed by atoms with Crippen molar-refractivity contribution in [1.29, 1.82) is 0 Å². The van der Waals surface area contributed by atoms with Crippen molar-refractivity contribution in [1.82, 2.24) is 0 Å². The zero-order chi connectivity index (χ0) is 8.06. The summed E-state index contributed by atoms with van der Waals surface area (Å²) in [5.41, 5.74) is -0.0799. The van der Waals surface area contributed by atoms with Gasteiger partial charge in [0.05, 0.1) is 0 Å². The Kier molecular flexibility index (Phi) is 1.26. The van der Waals surface area contributed by atoms with E-state index in [0.717, 1.165) is 6.42 Å². The minimum absolute atomic E-state index is 0.0799. The van der Waals surface area contributed by atoms with E-state index in [-0.39, 0.29) is 5.41 Å². The van der Waals surface area contributed by atoms with E-state index in [1.165, 1.54) is 6.42 Å². The average Bonchev–Trinajstić information content (AvgIpc) is 2.31. The fourth-order valence-corrected chi connectivity index (χ4v) is 2.17. The standard InChI is InChI=1S/C10H14O/c1-10(2)8-4-3-7(5-8)6-9(10)11/h3-4,7-8H,5-6H2,1-2H3/t7-,8+/m0/s1. The van der Waals surface area contributed by atoms with E-state index in [1.807, 2.05) is 0 Å². The SMILES string of the molecule is CC1(C)C(=O)C[C@H]2C=C[C@@H]1C2. The first-order chi connectivity index (χ1) is 5.10. The van der Waals surface area contributed by atoms with Crippen LogP contribution < -0.4 is 0 Å². The van der Waals surface area contributed by atoms with Gasteiger partial charge < -0.3 is 0 Å². The number of ketones is 1. The van der Waals surface area contributed by atoms with E-state index in [4.69, 9.17) is 0 Å². The second kappa shape index (κ2) is 1.96. The third kappa shape index (κ3) is 0.867. The lowest BCUT2D eigenvalue weighted by Gasteiger charge is -2.34. The molecule has 0 spiro atoms. The highest BCUT2D eigenvalue weighted by molar-refractivity contribution is 5.86. The highest BCUT2D eigenvalue weighted by atomic mass is 16.1. The predicted octanol–water partition coefficient (Wildman–Crippen LogP) is 2.18. The van der Waals surface area contributed by atoms with Gasteiger partial charge in [0.2, 0.25) is 0 Å². The Morgan fingerprint density at radius 2 is 2.18 bits per heavy atom. The van der Waals surface area contributed by atoms with Crippen molar-refractivity contribution in [3.05, 3.63) is 12.2 Å². The largest absolute Gasteiger partial charge is 0.299 e. The molecule has 0 aliphatic heterocycles. The van der Waals surface area contributed by atoms with Crippen LogP contribution in [0.1, 0.15) is 26.7 Å². The molecule has 2 aliphatic rings. The fourth-order valence-electron chi connectivity index (χ4n) is 2.17. The minimum Gasteiger partial charge on any atom is -0.299 e. The van der Waals surface area contributed by atoms with E-state index < -0.39 is 0 Å². The van der Waals surface area contributed by atoms with Crippen LogP contribution >= 0.6 is 0 Å². The van der Waals surface area contributed by atoms with Crippen LogP contribution in [0.15, 0.2) is 12.2 Å². The summed E-state index contributed by atoms with van der Waals surface area (Å²) in [5, 5.41) is 0. The molecule has 0 heterocycles. The normalized spacial score (nSPS) is 39.6. The van der Waals surface area contributed by atoms with E-state index >= 15 is 0 Å². The Labute approximate surface area is 67.5 Å². The molecule has 1 saturated carbocycles. The van der Waals surface area contributed by atoms with E-state index in [9.17, 15) is 4.79 Å². The summed E-state index contributed by atoms with van der Waals surface area (Å²) in [6, 6.07) is 0. The van der Waals surface area contributed by atoms with Crippen LogP contribution in [0.25, 0.3) is 0 Å². The monoisotopic (exact) mass is 150 g/mol. The highest BCUT2D eigenvalue weighted by Crippen LogP contribution is 2.45. The first-order valence-corrected chi connectivity index (χ1v) is 4.32. The molecule has 0 aromatic carbocycles. The van der Waals surface area contributed by atoms with Gasteiger partial charge in [0, 0.05) is 11.8 Å². The molecule has 1 heteroatoms. The van der Waals surface area contributed by atoms with Crippen LogP contribution in [0.3, 0.4) is 0 Å². The molecule has 1 fully saturated rings. The Morgan fingerprint density at radius 3 is 2.91 bits per heavy atom. The number of carbonyl (C=O) groups excluding carboxylic acids is 1. The Morgan fingerprint density at radius 1 is 1.45 bits per heavy atom. The number of fused-ring (bicyclic) bond motifs is 2. The van der Waals surface area contributed by atoms with Gasteiger partial charge in [-0.15, -0.1) is 0 Å². The lowest BCUT2D eigenvalue weighted by atomic mass is 9.68. The summed E-state index contributed by atoms with van der Waals surface area (Å²) in [7, 11) is 0. The molecule has 60 valence electrons. The van der Waals surface area contributed by atoms with Crippen LogP contribution in [0.4, 0.5) is 0 Å². The smallest absolute Gasteiger partial charge is 0.139 e. The molecule has 0 aromatic rings. The molecule has 0 amide bonds. The molecule has 0 aromatic heterocycles. The van der Waals surface area contributed by atoms with E-state index in [0.29, 0.717) is 17.6 Å². The van der Waals surface area contributed by atoms with Gasteiger partial charge in [-0.05, 0) is 18.3 Å². The molecular weight excluding hydrogens is 136 g/mol. The van der Waals surface area contributed by atoms with Gasteiger partial charge in [-0.1, -0.05) is 26.0 Å². The number of allylic oxidation sites excluding steroid dienone is 2. The Bertz CT molecular complexity index is 225. The third-order valence-corrected chi connectivity index (χ3v) is 3.27. The number of hydrogen-bond donors (Lipinski definition) is 0. The second-order valence-corrected chi connectivity index (χ2v) is 4.34. The number of carbonyl (C=O) groups is 1. The first kappa shape index (κ1) is 7.08. The van der Waals surface area contributed by atoms with Crippen LogP contribution in [0.2, 0.25) is 0 Å².